The number of rotatable bonds is 3. The van der Waals surface area contributed by atoms with Crippen molar-refractivity contribution in [2.75, 3.05) is 11.9 Å². The van der Waals surface area contributed by atoms with Crippen LogP contribution in [0.15, 0.2) is 0 Å². The predicted molar refractivity (Wildman–Crippen MR) is 58.9 cm³/mol. The summed E-state index contributed by atoms with van der Waals surface area (Å²) in [5.41, 5.74) is 1.06. The second kappa shape index (κ2) is 4.95. The Labute approximate surface area is 87.7 Å². The van der Waals surface area contributed by atoms with Crippen LogP contribution in [-0.2, 0) is 6.42 Å². The van der Waals surface area contributed by atoms with E-state index in [1.54, 1.807) is 0 Å². The monoisotopic (exact) mass is 213 g/mol. The SMILES string of the molecule is CCNC(=O)Nc1nc(CC)c(C)s1. The van der Waals surface area contributed by atoms with Crippen molar-refractivity contribution in [3.8, 4) is 0 Å². The molecule has 0 radical (unpaired) electrons. The van der Waals surface area contributed by atoms with E-state index in [4.69, 9.17) is 0 Å². The zero-order valence-corrected chi connectivity index (χ0v) is 9.49. The van der Waals surface area contributed by atoms with E-state index in [2.05, 4.69) is 22.5 Å². The van der Waals surface area contributed by atoms with Crippen molar-refractivity contribution in [3.05, 3.63) is 10.6 Å². The topological polar surface area (TPSA) is 54.0 Å². The van der Waals surface area contributed by atoms with Crippen LogP contribution in [0.1, 0.15) is 24.4 Å². The molecule has 0 aliphatic heterocycles. The molecule has 14 heavy (non-hydrogen) atoms. The Balaban J connectivity index is 2.63. The van der Waals surface area contributed by atoms with Crippen LogP contribution in [0.4, 0.5) is 9.93 Å². The summed E-state index contributed by atoms with van der Waals surface area (Å²) in [7, 11) is 0. The van der Waals surface area contributed by atoms with Gasteiger partial charge >= 0.3 is 6.03 Å². The number of nitrogens with zero attached hydrogens (tertiary/aromatic N) is 1. The summed E-state index contributed by atoms with van der Waals surface area (Å²) in [5, 5.41) is 6.02. The lowest BCUT2D eigenvalue weighted by molar-refractivity contribution is 0.252. The molecular weight excluding hydrogens is 198 g/mol. The Hall–Kier alpha value is -1.10. The number of urea groups is 1. The Morgan fingerprint density at radius 2 is 2.21 bits per heavy atom. The van der Waals surface area contributed by atoms with E-state index >= 15 is 0 Å². The smallest absolute Gasteiger partial charge is 0.321 e. The molecule has 0 spiro atoms. The highest BCUT2D eigenvalue weighted by atomic mass is 32.1. The zero-order valence-electron chi connectivity index (χ0n) is 8.68. The quantitative estimate of drug-likeness (QED) is 0.808. The van der Waals surface area contributed by atoms with E-state index in [1.807, 2.05) is 13.8 Å². The fourth-order valence-corrected chi connectivity index (χ4v) is 2.01. The molecule has 0 aliphatic rings. The number of aromatic nitrogens is 1. The van der Waals surface area contributed by atoms with Crippen molar-refractivity contribution in [3.63, 3.8) is 0 Å². The average molecular weight is 213 g/mol. The summed E-state index contributed by atoms with van der Waals surface area (Å²) in [4.78, 5) is 16.6. The molecule has 0 saturated heterocycles. The molecule has 0 unspecified atom stereocenters. The largest absolute Gasteiger partial charge is 0.338 e. The molecular formula is C9H15N3OS. The highest BCUT2D eigenvalue weighted by Gasteiger charge is 2.07. The van der Waals surface area contributed by atoms with Gasteiger partial charge in [-0.05, 0) is 20.3 Å². The summed E-state index contributed by atoms with van der Waals surface area (Å²) in [6, 6.07) is -0.191. The molecule has 0 aromatic carbocycles. The number of anilines is 1. The number of amides is 2. The van der Waals surface area contributed by atoms with Gasteiger partial charge in [0.1, 0.15) is 0 Å². The third kappa shape index (κ3) is 2.70. The van der Waals surface area contributed by atoms with Crippen LogP contribution in [0.2, 0.25) is 0 Å². The van der Waals surface area contributed by atoms with Crippen molar-refractivity contribution < 1.29 is 4.79 Å². The van der Waals surface area contributed by atoms with Crippen LogP contribution in [0.25, 0.3) is 0 Å². The van der Waals surface area contributed by atoms with Crippen molar-refractivity contribution in [1.82, 2.24) is 10.3 Å². The van der Waals surface area contributed by atoms with Crippen LogP contribution in [0.5, 0.6) is 0 Å². The van der Waals surface area contributed by atoms with E-state index in [0.717, 1.165) is 12.1 Å². The summed E-state index contributed by atoms with van der Waals surface area (Å²) in [6.07, 6.45) is 0.902. The summed E-state index contributed by atoms with van der Waals surface area (Å²) >= 11 is 1.51. The summed E-state index contributed by atoms with van der Waals surface area (Å²) < 4.78 is 0. The molecule has 0 bridgehead atoms. The third-order valence-corrected chi connectivity index (χ3v) is 2.71. The maximum atomic E-state index is 11.2. The van der Waals surface area contributed by atoms with Crippen LogP contribution < -0.4 is 10.6 Å². The third-order valence-electron chi connectivity index (χ3n) is 1.79. The molecule has 1 rings (SSSR count). The van der Waals surface area contributed by atoms with Crippen LogP contribution >= 0.6 is 11.3 Å². The Morgan fingerprint density at radius 3 is 2.71 bits per heavy atom. The summed E-state index contributed by atoms with van der Waals surface area (Å²) in [5.74, 6) is 0. The van der Waals surface area contributed by atoms with Crippen molar-refractivity contribution in [1.29, 1.82) is 0 Å². The first-order valence-electron chi connectivity index (χ1n) is 4.68. The number of carbonyl (C=O) groups is 1. The number of thiazole rings is 1. The van der Waals surface area contributed by atoms with Gasteiger partial charge in [-0.1, -0.05) is 6.92 Å². The molecule has 4 nitrogen and oxygen atoms in total. The molecule has 0 atom stereocenters. The second-order valence-corrected chi connectivity index (χ2v) is 4.06. The second-order valence-electron chi connectivity index (χ2n) is 2.86. The molecule has 1 aromatic heterocycles. The first-order valence-corrected chi connectivity index (χ1v) is 5.50. The average Bonchev–Trinajstić information content (AvgIpc) is 2.46. The minimum absolute atomic E-state index is 0.191. The Kier molecular flexibility index (Phi) is 3.88. The van der Waals surface area contributed by atoms with Crippen LogP contribution in [-0.4, -0.2) is 17.6 Å². The van der Waals surface area contributed by atoms with Gasteiger partial charge in [0.05, 0.1) is 5.69 Å². The van der Waals surface area contributed by atoms with Crippen LogP contribution in [0, 0.1) is 6.92 Å². The number of hydrogen-bond acceptors (Lipinski definition) is 3. The highest BCUT2D eigenvalue weighted by Crippen LogP contribution is 2.21. The normalized spacial score (nSPS) is 9.93. The highest BCUT2D eigenvalue weighted by molar-refractivity contribution is 7.15. The van der Waals surface area contributed by atoms with Crippen LogP contribution in [0.3, 0.4) is 0 Å². The molecule has 2 amide bonds. The fraction of sp³-hybridized carbons (Fsp3) is 0.556. The Bertz CT molecular complexity index is 322. The van der Waals surface area contributed by atoms with Gasteiger partial charge in [0, 0.05) is 11.4 Å². The maximum absolute atomic E-state index is 11.2. The molecule has 78 valence electrons. The summed E-state index contributed by atoms with van der Waals surface area (Å²) in [6.45, 7) is 6.57. The van der Waals surface area contributed by atoms with Gasteiger partial charge in [-0.25, -0.2) is 9.78 Å². The first kappa shape index (κ1) is 11.0. The van der Waals surface area contributed by atoms with E-state index in [1.165, 1.54) is 16.2 Å². The molecule has 1 aromatic rings. The number of hydrogen-bond donors (Lipinski definition) is 2. The van der Waals surface area contributed by atoms with Gasteiger partial charge in [-0.3, -0.25) is 5.32 Å². The number of nitrogens with one attached hydrogen (secondary N) is 2. The molecule has 0 saturated carbocycles. The van der Waals surface area contributed by atoms with Gasteiger partial charge in [0.15, 0.2) is 5.13 Å². The molecule has 0 fully saturated rings. The lowest BCUT2D eigenvalue weighted by Gasteiger charge is -2.00. The van der Waals surface area contributed by atoms with E-state index in [-0.39, 0.29) is 6.03 Å². The van der Waals surface area contributed by atoms with Gasteiger partial charge in [-0.2, -0.15) is 0 Å². The molecule has 2 N–H and O–H groups in total. The van der Waals surface area contributed by atoms with Gasteiger partial charge in [-0.15, -0.1) is 11.3 Å². The molecule has 0 aliphatic carbocycles. The van der Waals surface area contributed by atoms with Crippen molar-refractivity contribution in [2.45, 2.75) is 27.2 Å². The zero-order chi connectivity index (χ0) is 10.6. The number of aryl methyl sites for hydroxylation is 2. The first-order chi connectivity index (χ1) is 6.67. The van der Waals surface area contributed by atoms with Gasteiger partial charge < -0.3 is 5.32 Å². The molecule has 5 heteroatoms. The Morgan fingerprint density at radius 1 is 1.50 bits per heavy atom. The lowest BCUT2D eigenvalue weighted by Crippen LogP contribution is -2.28. The number of carbonyl (C=O) groups excluding carboxylic acids is 1. The van der Waals surface area contributed by atoms with Gasteiger partial charge in [0.2, 0.25) is 0 Å². The lowest BCUT2D eigenvalue weighted by atomic mass is 10.3. The van der Waals surface area contributed by atoms with Crippen molar-refractivity contribution in [2.24, 2.45) is 0 Å². The fourth-order valence-electron chi connectivity index (χ4n) is 1.11. The van der Waals surface area contributed by atoms with E-state index < -0.39 is 0 Å². The standard InChI is InChI=1S/C9H15N3OS/c1-4-7-6(3)14-9(11-7)12-8(13)10-5-2/h4-5H2,1-3H3,(H2,10,11,12,13). The minimum Gasteiger partial charge on any atom is -0.338 e. The maximum Gasteiger partial charge on any atom is 0.321 e. The predicted octanol–water partition coefficient (Wildman–Crippen LogP) is 2.16. The molecule has 1 heterocycles. The minimum atomic E-state index is -0.191. The van der Waals surface area contributed by atoms with E-state index in [0.29, 0.717) is 11.7 Å². The van der Waals surface area contributed by atoms with Crippen molar-refractivity contribution >= 4 is 22.5 Å². The van der Waals surface area contributed by atoms with Gasteiger partial charge in [0.25, 0.3) is 0 Å². The van der Waals surface area contributed by atoms with E-state index in [9.17, 15) is 4.79 Å².